The highest BCUT2D eigenvalue weighted by Gasteiger charge is 2.17. The van der Waals surface area contributed by atoms with E-state index in [-0.39, 0.29) is 16.0 Å². The summed E-state index contributed by atoms with van der Waals surface area (Å²) in [6, 6.07) is 1.54. The van der Waals surface area contributed by atoms with Crippen LogP contribution in [0.2, 0.25) is 0 Å². The minimum atomic E-state index is -3.86. The Hall–Kier alpha value is -1.31. The second kappa shape index (κ2) is 4.75. The van der Waals surface area contributed by atoms with Crippen molar-refractivity contribution in [2.24, 2.45) is 0 Å². The molecule has 18 heavy (non-hydrogen) atoms. The summed E-state index contributed by atoms with van der Waals surface area (Å²) in [5.74, 6) is 0. The van der Waals surface area contributed by atoms with E-state index in [9.17, 15) is 13.2 Å². The molecule has 0 aliphatic heterocycles. The predicted molar refractivity (Wildman–Crippen MR) is 67.5 cm³/mol. The van der Waals surface area contributed by atoms with Crippen molar-refractivity contribution < 1.29 is 13.2 Å². The molecule has 98 valence electrons. The van der Waals surface area contributed by atoms with E-state index in [0.29, 0.717) is 18.5 Å². The minimum Gasteiger partial charge on any atom is -0.383 e. The molecule has 0 amide bonds. The lowest BCUT2D eigenvalue weighted by atomic mass is 10.3. The molecule has 0 bridgehead atoms. The van der Waals surface area contributed by atoms with Gasteiger partial charge in [-0.15, -0.1) is 0 Å². The minimum absolute atomic E-state index is 0.0878. The van der Waals surface area contributed by atoms with E-state index in [4.69, 9.17) is 15.4 Å². The van der Waals surface area contributed by atoms with Crippen LogP contribution in [0.1, 0.15) is 0 Å². The van der Waals surface area contributed by atoms with Crippen molar-refractivity contribution in [3.05, 3.63) is 28.8 Å². The number of rotatable bonds is 4. The van der Waals surface area contributed by atoms with Gasteiger partial charge in [0, 0.05) is 42.1 Å². The molecule has 8 heteroatoms. The van der Waals surface area contributed by atoms with E-state index in [1.165, 1.54) is 30.1 Å². The van der Waals surface area contributed by atoms with Crippen LogP contribution in [0.25, 0.3) is 10.9 Å². The SMILES string of the molecule is COCCn1ccc2c(S(=O)(=O)Cl)c[nH]c2c1=O. The van der Waals surface area contributed by atoms with Crippen molar-refractivity contribution in [3.8, 4) is 0 Å². The van der Waals surface area contributed by atoms with Crippen molar-refractivity contribution >= 4 is 30.6 Å². The molecule has 2 aromatic heterocycles. The molecular weight excluding hydrogens is 280 g/mol. The average molecular weight is 291 g/mol. The van der Waals surface area contributed by atoms with Crippen LogP contribution >= 0.6 is 10.7 Å². The fourth-order valence-electron chi connectivity index (χ4n) is 1.70. The highest BCUT2D eigenvalue weighted by atomic mass is 35.7. The molecule has 0 aliphatic rings. The lowest BCUT2D eigenvalue weighted by molar-refractivity contribution is 0.186. The summed E-state index contributed by atoms with van der Waals surface area (Å²) in [7, 11) is 2.95. The number of ether oxygens (including phenoxy) is 1. The number of nitrogens with zero attached hydrogens (tertiary/aromatic N) is 1. The highest BCUT2D eigenvalue weighted by molar-refractivity contribution is 8.14. The first-order valence-corrected chi connectivity index (χ1v) is 7.40. The zero-order chi connectivity index (χ0) is 13.3. The molecule has 0 atom stereocenters. The van der Waals surface area contributed by atoms with Gasteiger partial charge in [0.25, 0.3) is 14.6 Å². The summed E-state index contributed by atoms with van der Waals surface area (Å²) in [6.45, 7) is 0.792. The number of hydrogen-bond acceptors (Lipinski definition) is 4. The molecule has 6 nitrogen and oxygen atoms in total. The van der Waals surface area contributed by atoms with E-state index >= 15 is 0 Å². The molecule has 2 aromatic rings. The van der Waals surface area contributed by atoms with Gasteiger partial charge in [-0.1, -0.05) is 0 Å². The lowest BCUT2D eigenvalue weighted by Crippen LogP contribution is -2.21. The Bertz CT molecular complexity index is 732. The van der Waals surface area contributed by atoms with Crippen LogP contribution in [0, 0.1) is 0 Å². The lowest BCUT2D eigenvalue weighted by Gasteiger charge is -2.04. The Morgan fingerprint density at radius 1 is 1.50 bits per heavy atom. The molecule has 0 fully saturated rings. The van der Waals surface area contributed by atoms with Crippen molar-refractivity contribution in [1.82, 2.24) is 9.55 Å². The molecule has 2 heterocycles. The topological polar surface area (TPSA) is 81.2 Å². The van der Waals surface area contributed by atoms with Gasteiger partial charge >= 0.3 is 0 Å². The van der Waals surface area contributed by atoms with Crippen LogP contribution in [0.3, 0.4) is 0 Å². The maximum absolute atomic E-state index is 12.0. The molecule has 0 saturated carbocycles. The Labute approximate surface area is 108 Å². The zero-order valence-corrected chi connectivity index (χ0v) is 11.1. The Morgan fingerprint density at radius 2 is 2.22 bits per heavy atom. The van der Waals surface area contributed by atoms with Gasteiger partial charge in [-0.05, 0) is 6.07 Å². The number of methoxy groups -OCH3 is 1. The summed E-state index contributed by atoms with van der Waals surface area (Å²) in [4.78, 5) is 14.6. The van der Waals surface area contributed by atoms with Gasteiger partial charge in [-0.2, -0.15) is 0 Å². The molecule has 0 spiro atoms. The molecule has 0 saturated heterocycles. The normalized spacial score (nSPS) is 12.1. The second-order valence-electron chi connectivity index (χ2n) is 3.69. The Morgan fingerprint density at radius 3 is 2.83 bits per heavy atom. The third-order valence-electron chi connectivity index (χ3n) is 2.58. The van der Waals surface area contributed by atoms with Gasteiger partial charge in [-0.3, -0.25) is 4.79 Å². The quantitative estimate of drug-likeness (QED) is 0.849. The smallest absolute Gasteiger partial charge is 0.274 e. The maximum Gasteiger partial charge on any atom is 0.274 e. The van der Waals surface area contributed by atoms with E-state index in [2.05, 4.69) is 4.98 Å². The molecule has 0 aliphatic carbocycles. The first-order chi connectivity index (χ1) is 8.45. The van der Waals surface area contributed by atoms with Gasteiger partial charge < -0.3 is 14.3 Å². The Kier molecular flexibility index (Phi) is 3.47. The summed E-state index contributed by atoms with van der Waals surface area (Å²) in [5, 5.41) is 0.295. The Balaban J connectivity index is 2.61. The summed E-state index contributed by atoms with van der Waals surface area (Å²) < 4.78 is 28.9. The number of halogens is 1. The molecule has 2 rings (SSSR count). The molecule has 0 aromatic carbocycles. The monoisotopic (exact) mass is 290 g/mol. The van der Waals surface area contributed by atoms with Crippen LogP contribution in [0.5, 0.6) is 0 Å². The van der Waals surface area contributed by atoms with Gasteiger partial charge in [0.15, 0.2) is 0 Å². The first-order valence-electron chi connectivity index (χ1n) is 5.09. The number of fused-ring (bicyclic) bond motifs is 1. The van der Waals surface area contributed by atoms with E-state index in [1.54, 1.807) is 0 Å². The third kappa shape index (κ3) is 2.29. The van der Waals surface area contributed by atoms with E-state index in [0.717, 1.165) is 0 Å². The summed E-state index contributed by atoms with van der Waals surface area (Å²) >= 11 is 0. The number of nitrogens with one attached hydrogen (secondary N) is 1. The predicted octanol–water partition coefficient (Wildman–Crippen LogP) is 0.903. The van der Waals surface area contributed by atoms with Crippen molar-refractivity contribution in [3.63, 3.8) is 0 Å². The van der Waals surface area contributed by atoms with Crippen LogP contribution in [0.4, 0.5) is 0 Å². The average Bonchev–Trinajstić information content (AvgIpc) is 2.72. The number of hydrogen-bond donors (Lipinski definition) is 1. The van der Waals surface area contributed by atoms with E-state index < -0.39 is 9.05 Å². The second-order valence-corrected chi connectivity index (χ2v) is 6.22. The third-order valence-corrected chi connectivity index (χ3v) is 3.94. The largest absolute Gasteiger partial charge is 0.383 e. The summed E-state index contributed by atoms with van der Waals surface area (Å²) in [6.07, 6.45) is 2.73. The fourth-order valence-corrected chi connectivity index (χ4v) is 2.72. The standard InChI is InChI=1S/C10H11ClN2O4S/c1-17-5-4-13-3-2-7-8(18(11,15)16)6-12-9(7)10(13)14/h2-3,6,12H,4-5H2,1H3. The van der Waals surface area contributed by atoms with Crippen LogP contribution in [-0.2, 0) is 20.3 Å². The number of H-pyrrole nitrogens is 1. The van der Waals surface area contributed by atoms with Crippen molar-refractivity contribution in [1.29, 1.82) is 0 Å². The van der Waals surface area contributed by atoms with Crippen LogP contribution in [-0.4, -0.2) is 31.7 Å². The number of pyridine rings is 1. The maximum atomic E-state index is 12.0. The van der Waals surface area contributed by atoms with E-state index in [1.807, 2.05) is 0 Å². The fraction of sp³-hybridized carbons (Fsp3) is 0.300. The van der Waals surface area contributed by atoms with Gasteiger partial charge in [0.05, 0.1) is 6.61 Å². The molecule has 0 unspecified atom stereocenters. The van der Waals surface area contributed by atoms with Crippen molar-refractivity contribution in [2.75, 3.05) is 13.7 Å². The number of aromatic amines is 1. The van der Waals surface area contributed by atoms with Crippen LogP contribution in [0.15, 0.2) is 28.2 Å². The number of aromatic nitrogens is 2. The molecule has 0 radical (unpaired) electrons. The molecule has 1 N–H and O–H groups in total. The van der Waals surface area contributed by atoms with Gasteiger partial charge in [-0.25, -0.2) is 8.42 Å². The van der Waals surface area contributed by atoms with Gasteiger partial charge in [0.2, 0.25) is 0 Å². The van der Waals surface area contributed by atoms with Crippen molar-refractivity contribution in [2.45, 2.75) is 11.4 Å². The highest BCUT2D eigenvalue weighted by Crippen LogP contribution is 2.23. The first kappa shape index (κ1) is 13.1. The molecular formula is C10H11ClN2O4S. The summed E-state index contributed by atoms with van der Waals surface area (Å²) in [5.41, 5.74) is -0.0936. The van der Waals surface area contributed by atoms with Crippen LogP contribution < -0.4 is 5.56 Å². The van der Waals surface area contributed by atoms with Gasteiger partial charge in [0.1, 0.15) is 10.4 Å². The zero-order valence-electron chi connectivity index (χ0n) is 9.51.